The third kappa shape index (κ3) is 3.66. The van der Waals surface area contributed by atoms with Crippen LogP contribution in [0.2, 0.25) is 0 Å². The summed E-state index contributed by atoms with van der Waals surface area (Å²) in [4.78, 5) is 40.9. The van der Waals surface area contributed by atoms with E-state index in [-0.39, 0.29) is 18.1 Å². The van der Waals surface area contributed by atoms with Crippen molar-refractivity contribution in [1.29, 1.82) is 0 Å². The summed E-state index contributed by atoms with van der Waals surface area (Å²) in [5, 5.41) is 0. The molecule has 2 aromatic carbocycles. The lowest BCUT2D eigenvalue weighted by Crippen LogP contribution is -2.39. The molecule has 1 aromatic heterocycles. The molecule has 0 saturated heterocycles. The summed E-state index contributed by atoms with van der Waals surface area (Å²) in [6.07, 6.45) is 0. The molecule has 3 rings (SSSR count). The number of nitrogens with zero attached hydrogens (tertiary/aromatic N) is 2. The molecule has 3 N–H and O–H groups in total. The minimum absolute atomic E-state index is 0.0867. The van der Waals surface area contributed by atoms with Crippen LogP contribution in [0.1, 0.15) is 15.9 Å². The largest absolute Gasteiger partial charge is 0.497 e. The van der Waals surface area contributed by atoms with Crippen LogP contribution in [0, 0.1) is 0 Å². The minimum Gasteiger partial charge on any atom is -0.497 e. The zero-order valence-corrected chi connectivity index (χ0v) is 15.5. The molecule has 1 amide bonds. The maximum atomic E-state index is 12.8. The molecule has 1 heterocycles. The maximum absolute atomic E-state index is 12.8. The molecule has 0 bridgehead atoms. The molecule has 3 aromatic rings. The van der Waals surface area contributed by atoms with Gasteiger partial charge in [-0.2, -0.15) is 0 Å². The summed E-state index contributed by atoms with van der Waals surface area (Å²) in [6, 6.07) is 15.7. The second-order valence-electron chi connectivity index (χ2n) is 6.16. The fourth-order valence-electron chi connectivity index (χ4n) is 2.88. The Morgan fingerprint density at radius 2 is 1.86 bits per heavy atom. The monoisotopic (exact) mass is 380 g/mol. The first-order valence-corrected chi connectivity index (χ1v) is 8.51. The number of carbonyl (C=O) groups is 1. The Labute approximate surface area is 160 Å². The highest BCUT2D eigenvalue weighted by atomic mass is 16.5. The average Bonchev–Trinajstić information content (AvgIpc) is 2.71. The highest BCUT2D eigenvalue weighted by Gasteiger charge is 2.22. The van der Waals surface area contributed by atoms with Crippen LogP contribution in [0.5, 0.6) is 5.75 Å². The zero-order chi connectivity index (χ0) is 20.3. The van der Waals surface area contributed by atoms with Crippen molar-refractivity contribution < 1.29 is 9.53 Å². The van der Waals surface area contributed by atoms with Gasteiger partial charge in [-0.05, 0) is 23.8 Å². The van der Waals surface area contributed by atoms with Gasteiger partial charge in [0.2, 0.25) is 0 Å². The van der Waals surface area contributed by atoms with Crippen molar-refractivity contribution in [3.63, 3.8) is 0 Å². The van der Waals surface area contributed by atoms with Crippen molar-refractivity contribution in [2.24, 2.45) is 0 Å². The SMILES string of the molecule is COc1cccc(C(=O)N(C)c2c(N)n(Cc3ccccc3)c(=O)[nH]c2=O)c1. The number of anilines is 2. The van der Waals surface area contributed by atoms with Crippen molar-refractivity contribution in [3.8, 4) is 5.75 Å². The molecule has 0 aliphatic carbocycles. The number of aromatic nitrogens is 2. The lowest BCUT2D eigenvalue weighted by Gasteiger charge is -2.20. The number of amides is 1. The van der Waals surface area contributed by atoms with Gasteiger partial charge >= 0.3 is 5.69 Å². The zero-order valence-electron chi connectivity index (χ0n) is 15.5. The van der Waals surface area contributed by atoms with Crippen molar-refractivity contribution >= 4 is 17.4 Å². The van der Waals surface area contributed by atoms with E-state index in [1.807, 2.05) is 30.3 Å². The predicted octanol–water partition coefficient (Wildman–Crippen LogP) is 1.45. The fraction of sp³-hybridized carbons (Fsp3) is 0.150. The van der Waals surface area contributed by atoms with Gasteiger partial charge in [-0.15, -0.1) is 0 Å². The number of methoxy groups -OCH3 is 1. The number of nitrogens with one attached hydrogen (secondary N) is 1. The summed E-state index contributed by atoms with van der Waals surface area (Å²) in [6.45, 7) is 0.163. The third-order valence-corrected chi connectivity index (χ3v) is 4.35. The van der Waals surface area contributed by atoms with Gasteiger partial charge in [-0.25, -0.2) is 4.79 Å². The Morgan fingerprint density at radius 3 is 2.54 bits per heavy atom. The summed E-state index contributed by atoms with van der Waals surface area (Å²) in [5.74, 6) is -0.0347. The lowest BCUT2D eigenvalue weighted by molar-refractivity contribution is 0.0992. The molecule has 0 aliphatic rings. The fourth-order valence-corrected chi connectivity index (χ4v) is 2.88. The van der Waals surface area contributed by atoms with Gasteiger partial charge in [0.1, 0.15) is 11.6 Å². The molecule has 0 unspecified atom stereocenters. The molecule has 144 valence electrons. The number of ether oxygens (including phenoxy) is 1. The second kappa shape index (κ2) is 7.83. The molecule has 8 heteroatoms. The van der Waals surface area contributed by atoms with Crippen molar-refractivity contribution in [3.05, 3.63) is 86.6 Å². The standard InChI is InChI=1S/C20H20N4O4/c1-23(19(26)14-9-6-10-15(11-14)28-2)16-17(21)24(20(27)22-18(16)25)12-13-7-4-3-5-8-13/h3-11H,12,21H2,1-2H3,(H,22,25,27). The van der Waals surface area contributed by atoms with Gasteiger partial charge in [-0.1, -0.05) is 36.4 Å². The van der Waals surface area contributed by atoms with E-state index in [9.17, 15) is 14.4 Å². The molecule has 0 radical (unpaired) electrons. The number of carbonyl (C=O) groups excluding carboxylic acids is 1. The molecule has 0 spiro atoms. The van der Waals surface area contributed by atoms with Crippen LogP contribution in [0.3, 0.4) is 0 Å². The number of nitrogen functional groups attached to an aromatic ring is 1. The van der Waals surface area contributed by atoms with Crippen LogP contribution in [0.4, 0.5) is 11.5 Å². The van der Waals surface area contributed by atoms with Gasteiger partial charge in [0, 0.05) is 12.6 Å². The third-order valence-electron chi connectivity index (χ3n) is 4.35. The second-order valence-corrected chi connectivity index (χ2v) is 6.16. The van der Waals surface area contributed by atoms with Crippen molar-refractivity contribution in [2.75, 3.05) is 24.8 Å². The van der Waals surface area contributed by atoms with E-state index in [1.165, 1.54) is 18.7 Å². The van der Waals surface area contributed by atoms with Crippen LogP contribution in [0.25, 0.3) is 0 Å². The van der Waals surface area contributed by atoms with Crippen LogP contribution in [-0.2, 0) is 6.54 Å². The summed E-state index contributed by atoms with van der Waals surface area (Å²) >= 11 is 0. The van der Waals surface area contributed by atoms with E-state index in [1.54, 1.807) is 24.3 Å². The van der Waals surface area contributed by atoms with Crippen molar-refractivity contribution in [2.45, 2.75) is 6.54 Å². The number of hydrogen-bond acceptors (Lipinski definition) is 5. The van der Waals surface area contributed by atoms with Crippen LogP contribution < -0.4 is 26.6 Å². The highest BCUT2D eigenvalue weighted by Crippen LogP contribution is 2.20. The van der Waals surface area contributed by atoms with E-state index in [0.29, 0.717) is 11.3 Å². The van der Waals surface area contributed by atoms with Crippen LogP contribution in [0.15, 0.2) is 64.2 Å². The van der Waals surface area contributed by atoms with Gasteiger partial charge < -0.3 is 15.4 Å². The summed E-state index contributed by atoms with van der Waals surface area (Å²) in [7, 11) is 2.93. The first-order chi connectivity index (χ1) is 13.4. The van der Waals surface area contributed by atoms with Gasteiger partial charge in [0.25, 0.3) is 11.5 Å². The van der Waals surface area contributed by atoms with E-state index in [2.05, 4.69) is 4.98 Å². The Kier molecular flexibility index (Phi) is 5.30. The molecule has 0 atom stereocenters. The number of nitrogens with two attached hydrogens (primary N) is 1. The quantitative estimate of drug-likeness (QED) is 0.696. The first-order valence-electron chi connectivity index (χ1n) is 8.51. The number of H-pyrrole nitrogens is 1. The van der Waals surface area contributed by atoms with Crippen LogP contribution >= 0.6 is 0 Å². The molecule has 0 saturated carbocycles. The topological polar surface area (TPSA) is 110 Å². The lowest BCUT2D eigenvalue weighted by atomic mass is 10.2. The summed E-state index contributed by atoms with van der Waals surface area (Å²) in [5.41, 5.74) is 5.81. The molecule has 8 nitrogen and oxygen atoms in total. The molecule has 0 fully saturated rings. The Morgan fingerprint density at radius 1 is 1.14 bits per heavy atom. The maximum Gasteiger partial charge on any atom is 0.330 e. The smallest absolute Gasteiger partial charge is 0.330 e. The van der Waals surface area contributed by atoms with Crippen LogP contribution in [-0.4, -0.2) is 29.6 Å². The minimum atomic E-state index is -0.731. The Hall–Kier alpha value is -3.81. The molecular formula is C20H20N4O4. The number of rotatable bonds is 5. The molecular weight excluding hydrogens is 360 g/mol. The normalized spacial score (nSPS) is 10.5. The molecule has 0 aliphatic heterocycles. The van der Waals surface area contributed by atoms with E-state index in [4.69, 9.17) is 10.5 Å². The number of aromatic amines is 1. The predicted molar refractivity (Wildman–Crippen MR) is 107 cm³/mol. The van der Waals surface area contributed by atoms with E-state index < -0.39 is 17.2 Å². The number of hydrogen-bond donors (Lipinski definition) is 2. The summed E-state index contributed by atoms with van der Waals surface area (Å²) < 4.78 is 6.35. The van der Waals surface area contributed by atoms with Crippen molar-refractivity contribution in [1.82, 2.24) is 9.55 Å². The van der Waals surface area contributed by atoms with E-state index >= 15 is 0 Å². The average molecular weight is 380 g/mol. The molecule has 28 heavy (non-hydrogen) atoms. The highest BCUT2D eigenvalue weighted by molar-refractivity contribution is 6.07. The first kappa shape index (κ1) is 19.0. The van der Waals surface area contributed by atoms with Gasteiger partial charge in [-0.3, -0.25) is 19.1 Å². The Bertz CT molecular complexity index is 1120. The van der Waals surface area contributed by atoms with Gasteiger partial charge in [0.05, 0.1) is 13.7 Å². The number of benzene rings is 2. The Balaban J connectivity index is 2.03. The van der Waals surface area contributed by atoms with Gasteiger partial charge in [0.15, 0.2) is 5.69 Å². The van der Waals surface area contributed by atoms with E-state index in [0.717, 1.165) is 10.5 Å².